The van der Waals surface area contributed by atoms with Gasteiger partial charge >= 0.3 is 5.97 Å². The fourth-order valence-electron chi connectivity index (χ4n) is 3.12. The number of carbonyl (C=O) groups excluding carboxylic acids is 1. The van der Waals surface area contributed by atoms with Crippen molar-refractivity contribution in [3.05, 3.63) is 88.9 Å². The summed E-state index contributed by atoms with van der Waals surface area (Å²) in [5, 5.41) is 0.375. The van der Waals surface area contributed by atoms with E-state index in [1.54, 1.807) is 62.0 Å². The largest absolute Gasteiger partial charge is 0.493 e. The Balaban J connectivity index is 1.63. The van der Waals surface area contributed by atoms with E-state index >= 15 is 0 Å². The van der Waals surface area contributed by atoms with Gasteiger partial charge in [-0.05, 0) is 48.0 Å². The van der Waals surface area contributed by atoms with Crippen LogP contribution in [0, 0.1) is 0 Å². The van der Waals surface area contributed by atoms with Crippen LogP contribution in [0.5, 0.6) is 17.2 Å². The van der Waals surface area contributed by atoms with E-state index in [1.807, 2.05) is 6.07 Å². The zero-order chi connectivity index (χ0) is 22.5. The molecule has 2 aromatic carbocycles. The molecular weight excluding hydrogens is 410 g/mol. The highest BCUT2D eigenvalue weighted by Crippen LogP contribution is 2.33. The van der Waals surface area contributed by atoms with Crippen molar-refractivity contribution >= 4 is 23.0 Å². The van der Waals surface area contributed by atoms with E-state index in [0.29, 0.717) is 33.8 Å². The van der Waals surface area contributed by atoms with Crippen LogP contribution < -0.4 is 19.6 Å². The highest BCUT2D eigenvalue weighted by molar-refractivity contribution is 5.89. The summed E-state index contributed by atoms with van der Waals surface area (Å²) in [5.41, 5.74) is 1.49. The van der Waals surface area contributed by atoms with Gasteiger partial charge in [0.2, 0.25) is 0 Å². The van der Waals surface area contributed by atoms with E-state index in [9.17, 15) is 9.59 Å². The molecule has 2 aromatic heterocycles. The number of nitrogens with zero attached hydrogens (tertiary/aromatic N) is 1. The van der Waals surface area contributed by atoms with Crippen molar-refractivity contribution in [1.82, 2.24) is 4.98 Å². The van der Waals surface area contributed by atoms with Gasteiger partial charge < -0.3 is 18.6 Å². The Labute approximate surface area is 183 Å². The summed E-state index contributed by atoms with van der Waals surface area (Å²) < 4.78 is 21.9. The highest BCUT2D eigenvalue weighted by Gasteiger charge is 2.12. The Bertz CT molecular complexity index is 1360. The minimum atomic E-state index is -0.563. The van der Waals surface area contributed by atoms with E-state index < -0.39 is 5.97 Å². The molecule has 0 spiro atoms. The molecule has 7 heteroatoms. The molecule has 7 nitrogen and oxygen atoms in total. The summed E-state index contributed by atoms with van der Waals surface area (Å²) in [6, 6.07) is 14.8. The lowest BCUT2D eigenvalue weighted by atomic mass is 10.1. The SMILES string of the molecule is COc1ccc(-c2cc(=O)c3ccc(OC(=O)/C=C/c4cccnc4)cc3o2)cc1OC. The van der Waals surface area contributed by atoms with Crippen molar-refractivity contribution in [2.45, 2.75) is 0 Å². The van der Waals surface area contributed by atoms with Gasteiger partial charge in [0.1, 0.15) is 17.1 Å². The zero-order valence-corrected chi connectivity index (χ0v) is 17.4. The van der Waals surface area contributed by atoms with E-state index in [-0.39, 0.29) is 11.2 Å². The van der Waals surface area contributed by atoms with E-state index in [4.69, 9.17) is 18.6 Å². The second-order valence-electron chi connectivity index (χ2n) is 6.74. The minimum Gasteiger partial charge on any atom is -0.493 e. The molecule has 0 aliphatic heterocycles. The van der Waals surface area contributed by atoms with Crippen LogP contribution in [0.3, 0.4) is 0 Å². The number of methoxy groups -OCH3 is 2. The molecule has 0 amide bonds. The summed E-state index contributed by atoms with van der Waals surface area (Å²) in [6.45, 7) is 0. The molecule has 0 fully saturated rings. The second-order valence-corrected chi connectivity index (χ2v) is 6.74. The van der Waals surface area contributed by atoms with Crippen molar-refractivity contribution in [3.63, 3.8) is 0 Å². The molecule has 0 saturated carbocycles. The molecule has 0 bridgehead atoms. The molecule has 0 saturated heterocycles. The molecule has 4 rings (SSSR count). The van der Waals surface area contributed by atoms with Gasteiger partial charge in [-0.3, -0.25) is 9.78 Å². The third kappa shape index (κ3) is 4.52. The lowest BCUT2D eigenvalue weighted by Crippen LogP contribution is -2.05. The van der Waals surface area contributed by atoms with Crippen LogP contribution in [0.25, 0.3) is 28.4 Å². The molecule has 4 aromatic rings. The number of esters is 1. The first-order valence-corrected chi connectivity index (χ1v) is 9.67. The van der Waals surface area contributed by atoms with Crippen LogP contribution in [0.1, 0.15) is 5.56 Å². The van der Waals surface area contributed by atoms with Crippen molar-refractivity contribution in [2.24, 2.45) is 0 Å². The average Bonchev–Trinajstić information content (AvgIpc) is 2.82. The van der Waals surface area contributed by atoms with Gasteiger partial charge in [0.05, 0.1) is 19.6 Å². The number of ether oxygens (including phenoxy) is 3. The number of hydrogen-bond acceptors (Lipinski definition) is 7. The predicted molar refractivity (Wildman–Crippen MR) is 120 cm³/mol. The lowest BCUT2D eigenvalue weighted by molar-refractivity contribution is -0.128. The van der Waals surface area contributed by atoms with Crippen molar-refractivity contribution in [1.29, 1.82) is 0 Å². The van der Waals surface area contributed by atoms with Gasteiger partial charge in [-0.25, -0.2) is 4.79 Å². The summed E-state index contributed by atoms with van der Waals surface area (Å²) in [7, 11) is 3.07. The number of carbonyl (C=O) groups is 1. The number of aromatic nitrogens is 1. The fraction of sp³-hybridized carbons (Fsp3) is 0.0800. The van der Waals surface area contributed by atoms with Gasteiger partial charge in [-0.1, -0.05) is 6.07 Å². The van der Waals surface area contributed by atoms with Crippen molar-refractivity contribution in [3.8, 4) is 28.6 Å². The zero-order valence-electron chi connectivity index (χ0n) is 17.4. The molecule has 32 heavy (non-hydrogen) atoms. The normalized spacial score (nSPS) is 10.9. The lowest BCUT2D eigenvalue weighted by Gasteiger charge is -2.10. The fourth-order valence-corrected chi connectivity index (χ4v) is 3.12. The molecule has 0 N–H and O–H groups in total. The topological polar surface area (TPSA) is 87.9 Å². The van der Waals surface area contributed by atoms with E-state index in [1.165, 1.54) is 25.3 Å². The smallest absolute Gasteiger partial charge is 0.336 e. The maximum Gasteiger partial charge on any atom is 0.336 e. The Morgan fingerprint density at radius 3 is 2.59 bits per heavy atom. The van der Waals surface area contributed by atoms with Gasteiger partial charge in [-0.15, -0.1) is 0 Å². The van der Waals surface area contributed by atoms with Crippen LogP contribution in [0.4, 0.5) is 0 Å². The van der Waals surface area contributed by atoms with Crippen LogP contribution >= 0.6 is 0 Å². The first-order chi connectivity index (χ1) is 15.6. The van der Waals surface area contributed by atoms with Crippen LogP contribution in [0.2, 0.25) is 0 Å². The summed E-state index contributed by atoms with van der Waals surface area (Å²) in [4.78, 5) is 28.7. The monoisotopic (exact) mass is 429 g/mol. The maximum absolute atomic E-state index is 12.6. The standard InChI is InChI=1S/C25H19NO6/c1-29-21-9-6-17(12-24(21)30-2)22-14-20(27)19-8-7-18(13-23(19)32-22)31-25(28)10-5-16-4-3-11-26-15-16/h3-15H,1-2H3/b10-5+. The first-order valence-electron chi connectivity index (χ1n) is 9.67. The third-order valence-corrected chi connectivity index (χ3v) is 4.68. The van der Waals surface area contributed by atoms with Crippen LogP contribution in [0.15, 0.2) is 82.3 Å². The molecule has 0 unspecified atom stereocenters. The summed E-state index contributed by atoms with van der Waals surface area (Å²) >= 11 is 0. The quantitative estimate of drug-likeness (QED) is 0.253. The van der Waals surface area contributed by atoms with Gasteiger partial charge in [0, 0.05) is 36.2 Å². The Kier molecular flexibility index (Phi) is 5.98. The maximum atomic E-state index is 12.6. The van der Waals surface area contributed by atoms with E-state index in [2.05, 4.69) is 4.98 Å². The average molecular weight is 429 g/mol. The Morgan fingerprint density at radius 2 is 1.84 bits per heavy atom. The minimum absolute atomic E-state index is 0.217. The summed E-state index contributed by atoms with van der Waals surface area (Å²) in [5.74, 6) is 1.12. The van der Waals surface area contributed by atoms with Crippen molar-refractivity contribution in [2.75, 3.05) is 14.2 Å². The number of fused-ring (bicyclic) bond motifs is 1. The number of benzene rings is 2. The van der Waals surface area contributed by atoms with Gasteiger partial charge in [0.25, 0.3) is 0 Å². The molecule has 0 radical (unpaired) electrons. The molecule has 0 aliphatic carbocycles. The second kappa shape index (κ2) is 9.18. The van der Waals surface area contributed by atoms with Crippen LogP contribution in [-0.4, -0.2) is 25.2 Å². The number of rotatable bonds is 6. The molecule has 2 heterocycles. The molecule has 160 valence electrons. The predicted octanol–water partition coefficient (Wildman–Crippen LogP) is 4.49. The molecular formula is C25H19NO6. The summed E-state index contributed by atoms with van der Waals surface area (Å²) in [6.07, 6.45) is 6.18. The number of hydrogen-bond donors (Lipinski definition) is 0. The molecule has 0 aliphatic rings. The van der Waals surface area contributed by atoms with Crippen molar-refractivity contribution < 1.29 is 23.4 Å². The highest BCUT2D eigenvalue weighted by atomic mass is 16.5. The third-order valence-electron chi connectivity index (χ3n) is 4.68. The van der Waals surface area contributed by atoms with Gasteiger partial charge in [0.15, 0.2) is 16.9 Å². The molecule has 0 atom stereocenters. The first kappa shape index (κ1) is 20.9. The Hall–Kier alpha value is -4.39. The Morgan fingerprint density at radius 1 is 1.00 bits per heavy atom. The van der Waals surface area contributed by atoms with E-state index in [0.717, 1.165) is 5.56 Å². The number of pyridine rings is 1. The van der Waals surface area contributed by atoms with Crippen LogP contribution in [-0.2, 0) is 4.79 Å². The van der Waals surface area contributed by atoms with Gasteiger partial charge in [-0.2, -0.15) is 0 Å².